The number of thiazole rings is 1. The van der Waals surface area contributed by atoms with E-state index in [1.807, 2.05) is 31.3 Å². The molecular formula is C12H10ClN3S. The average Bonchev–Trinajstić information content (AvgIpc) is 2.81. The lowest BCUT2D eigenvalue weighted by atomic mass is 10.1. The Kier molecular flexibility index (Phi) is 2.34. The SMILES string of the molecule is Cc1sc(N)nc1-c1c[nH]c2ccc(Cl)cc12. The normalized spacial score (nSPS) is 11.2. The van der Waals surface area contributed by atoms with E-state index >= 15 is 0 Å². The second-order valence-electron chi connectivity index (χ2n) is 3.85. The van der Waals surface area contributed by atoms with Crippen molar-refractivity contribution in [1.82, 2.24) is 9.97 Å². The molecule has 0 fully saturated rings. The zero-order valence-electron chi connectivity index (χ0n) is 9.12. The first-order chi connectivity index (χ1) is 8.15. The number of hydrogen-bond donors (Lipinski definition) is 2. The van der Waals surface area contributed by atoms with Gasteiger partial charge in [-0.25, -0.2) is 4.98 Å². The molecule has 5 heteroatoms. The van der Waals surface area contributed by atoms with Crippen molar-refractivity contribution in [1.29, 1.82) is 0 Å². The third-order valence-corrected chi connectivity index (χ3v) is 3.75. The predicted octanol–water partition coefficient (Wildman–Crippen LogP) is 3.84. The average molecular weight is 264 g/mol. The Balaban J connectivity index is 2.30. The molecule has 3 nitrogen and oxygen atoms in total. The van der Waals surface area contributed by atoms with Crippen molar-refractivity contribution in [2.75, 3.05) is 5.73 Å². The van der Waals surface area contributed by atoms with Crippen molar-refractivity contribution >= 4 is 39.0 Å². The lowest BCUT2D eigenvalue weighted by Gasteiger charge is -1.97. The van der Waals surface area contributed by atoms with E-state index in [1.165, 1.54) is 11.3 Å². The number of halogens is 1. The molecule has 0 saturated heterocycles. The Morgan fingerprint density at radius 1 is 1.41 bits per heavy atom. The maximum absolute atomic E-state index is 6.02. The standard InChI is InChI=1S/C12H10ClN3S/c1-6-11(16-12(14)17-6)9-5-15-10-3-2-7(13)4-8(9)10/h2-5,15H,1H3,(H2,14,16). The first-order valence-corrected chi connectivity index (χ1v) is 6.34. The minimum Gasteiger partial charge on any atom is -0.375 e. The molecule has 0 aliphatic rings. The van der Waals surface area contributed by atoms with Crippen LogP contribution in [0.5, 0.6) is 0 Å². The Morgan fingerprint density at radius 2 is 2.24 bits per heavy atom. The molecule has 0 aliphatic carbocycles. The van der Waals surface area contributed by atoms with Crippen molar-refractivity contribution in [2.24, 2.45) is 0 Å². The summed E-state index contributed by atoms with van der Waals surface area (Å²) in [7, 11) is 0. The Hall–Kier alpha value is -1.52. The number of hydrogen-bond acceptors (Lipinski definition) is 3. The van der Waals surface area contributed by atoms with Crippen molar-refractivity contribution in [3.05, 3.63) is 34.3 Å². The zero-order valence-corrected chi connectivity index (χ0v) is 10.7. The topological polar surface area (TPSA) is 54.7 Å². The number of nitrogens with one attached hydrogen (secondary N) is 1. The summed E-state index contributed by atoms with van der Waals surface area (Å²) in [4.78, 5) is 8.70. The van der Waals surface area contributed by atoms with E-state index in [1.54, 1.807) is 0 Å². The summed E-state index contributed by atoms with van der Waals surface area (Å²) in [6.45, 7) is 2.02. The van der Waals surface area contributed by atoms with E-state index in [2.05, 4.69) is 9.97 Å². The minimum absolute atomic E-state index is 0.592. The molecule has 3 aromatic rings. The number of benzene rings is 1. The molecule has 0 spiro atoms. The second-order valence-corrected chi connectivity index (χ2v) is 5.52. The van der Waals surface area contributed by atoms with Crippen LogP contribution in [0.2, 0.25) is 5.02 Å². The fourth-order valence-corrected chi connectivity index (χ4v) is 2.83. The first kappa shape index (κ1) is 10.6. The summed E-state index contributed by atoms with van der Waals surface area (Å²) in [6.07, 6.45) is 1.95. The highest BCUT2D eigenvalue weighted by molar-refractivity contribution is 7.15. The zero-order chi connectivity index (χ0) is 12.0. The molecule has 1 aromatic carbocycles. The molecule has 2 heterocycles. The largest absolute Gasteiger partial charge is 0.375 e. The van der Waals surface area contributed by atoms with Crippen LogP contribution in [-0.4, -0.2) is 9.97 Å². The minimum atomic E-state index is 0.592. The van der Waals surface area contributed by atoms with Gasteiger partial charge >= 0.3 is 0 Å². The molecule has 0 atom stereocenters. The van der Waals surface area contributed by atoms with Gasteiger partial charge in [0, 0.05) is 32.6 Å². The molecule has 2 aromatic heterocycles. The first-order valence-electron chi connectivity index (χ1n) is 5.15. The van der Waals surface area contributed by atoms with Crippen LogP contribution in [0.15, 0.2) is 24.4 Å². The second kappa shape index (κ2) is 3.75. The van der Waals surface area contributed by atoms with Crippen molar-refractivity contribution in [3.8, 4) is 11.3 Å². The van der Waals surface area contributed by atoms with Crippen LogP contribution in [0.25, 0.3) is 22.2 Å². The lowest BCUT2D eigenvalue weighted by molar-refractivity contribution is 1.38. The van der Waals surface area contributed by atoms with Gasteiger partial charge in [0.15, 0.2) is 5.13 Å². The highest BCUT2D eigenvalue weighted by Crippen LogP contribution is 2.34. The number of nitrogens with zero attached hydrogens (tertiary/aromatic N) is 1. The predicted molar refractivity (Wildman–Crippen MR) is 73.6 cm³/mol. The molecule has 0 unspecified atom stereocenters. The number of anilines is 1. The van der Waals surface area contributed by atoms with Crippen LogP contribution in [-0.2, 0) is 0 Å². The van der Waals surface area contributed by atoms with Gasteiger partial charge in [-0.05, 0) is 25.1 Å². The van der Waals surface area contributed by atoms with E-state index in [-0.39, 0.29) is 0 Å². The maximum Gasteiger partial charge on any atom is 0.180 e. The Morgan fingerprint density at radius 3 is 2.94 bits per heavy atom. The smallest absolute Gasteiger partial charge is 0.180 e. The highest BCUT2D eigenvalue weighted by Gasteiger charge is 2.12. The van der Waals surface area contributed by atoms with Gasteiger partial charge in [-0.2, -0.15) is 0 Å². The summed E-state index contributed by atoms with van der Waals surface area (Å²) < 4.78 is 0. The summed E-state index contributed by atoms with van der Waals surface area (Å²) in [6, 6.07) is 5.77. The fourth-order valence-electron chi connectivity index (χ4n) is 1.96. The van der Waals surface area contributed by atoms with Crippen LogP contribution in [0, 0.1) is 6.92 Å². The molecular weight excluding hydrogens is 254 g/mol. The maximum atomic E-state index is 6.02. The number of aromatic amines is 1. The number of nitrogen functional groups attached to an aromatic ring is 1. The molecule has 3 rings (SSSR count). The molecule has 17 heavy (non-hydrogen) atoms. The van der Waals surface area contributed by atoms with Gasteiger partial charge < -0.3 is 10.7 Å². The number of aromatic nitrogens is 2. The summed E-state index contributed by atoms with van der Waals surface area (Å²) >= 11 is 7.52. The Bertz CT molecular complexity index is 699. The van der Waals surface area contributed by atoms with Crippen molar-refractivity contribution < 1.29 is 0 Å². The molecule has 3 N–H and O–H groups in total. The third kappa shape index (κ3) is 1.69. The number of aryl methyl sites for hydroxylation is 1. The molecule has 0 aliphatic heterocycles. The summed E-state index contributed by atoms with van der Waals surface area (Å²) in [5.74, 6) is 0. The quantitative estimate of drug-likeness (QED) is 0.701. The Labute approximate surface area is 107 Å². The third-order valence-electron chi connectivity index (χ3n) is 2.71. The van der Waals surface area contributed by atoms with Crippen LogP contribution < -0.4 is 5.73 Å². The monoisotopic (exact) mass is 263 g/mol. The van der Waals surface area contributed by atoms with Gasteiger partial charge in [0.1, 0.15) is 0 Å². The number of H-pyrrole nitrogens is 1. The van der Waals surface area contributed by atoms with Gasteiger partial charge in [0.2, 0.25) is 0 Å². The number of rotatable bonds is 1. The lowest BCUT2D eigenvalue weighted by Crippen LogP contribution is -1.82. The molecule has 86 valence electrons. The van der Waals surface area contributed by atoms with Crippen molar-refractivity contribution in [2.45, 2.75) is 6.92 Å². The van der Waals surface area contributed by atoms with E-state index < -0.39 is 0 Å². The van der Waals surface area contributed by atoms with Crippen LogP contribution in [0.1, 0.15) is 4.88 Å². The molecule has 0 bridgehead atoms. The highest BCUT2D eigenvalue weighted by atomic mass is 35.5. The van der Waals surface area contributed by atoms with E-state index in [4.69, 9.17) is 17.3 Å². The molecule has 0 saturated carbocycles. The van der Waals surface area contributed by atoms with Gasteiger partial charge in [-0.1, -0.05) is 11.6 Å². The van der Waals surface area contributed by atoms with Gasteiger partial charge in [0.05, 0.1) is 5.69 Å². The number of nitrogens with two attached hydrogens (primary N) is 1. The van der Waals surface area contributed by atoms with Crippen LogP contribution in [0.3, 0.4) is 0 Å². The van der Waals surface area contributed by atoms with Crippen LogP contribution in [0.4, 0.5) is 5.13 Å². The van der Waals surface area contributed by atoms with Gasteiger partial charge in [-0.3, -0.25) is 0 Å². The van der Waals surface area contributed by atoms with Gasteiger partial charge in [-0.15, -0.1) is 11.3 Å². The molecule has 0 amide bonds. The van der Waals surface area contributed by atoms with E-state index in [0.717, 1.165) is 32.1 Å². The van der Waals surface area contributed by atoms with Crippen molar-refractivity contribution in [3.63, 3.8) is 0 Å². The summed E-state index contributed by atoms with van der Waals surface area (Å²) in [5.41, 5.74) is 8.76. The molecule has 0 radical (unpaired) electrons. The van der Waals surface area contributed by atoms with E-state index in [0.29, 0.717) is 5.13 Å². The summed E-state index contributed by atoms with van der Waals surface area (Å²) in [5, 5.41) is 2.39. The van der Waals surface area contributed by atoms with Crippen LogP contribution >= 0.6 is 22.9 Å². The van der Waals surface area contributed by atoms with E-state index in [9.17, 15) is 0 Å². The number of fused-ring (bicyclic) bond motifs is 1. The fraction of sp³-hybridized carbons (Fsp3) is 0.0833. The van der Waals surface area contributed by atoms with Gasteiger partial charge in [0.25, 0.3) is 0 Å².